The van der Waals surface area contributed by atoms with Crippen molar-refractivity contribution in [2.24, 2.45) is 5.73 Å². The van der Waals surface area contributed by atoms with E-state index in [1.54, 1.807) is 0 Å². The molecule has 0 heterocycles. The van der Waals surface area contributed by atoms with Crippen molar-refractivity contribution in [2.45, 2.75) is 31.4 Å². The number of aliphatic hydroxyl groups is 1. The van der Waals surface area contributed by atoms with E-state index in [0.717, 1.165) is 0 Å². The Bertz CT molecular complexity index is 197. The van der Waals surface area contributed by atoms with Crippen LogP contribution in [-0.2, 0) is 19.1 Å². The molecule has 6 heteroatoms. The number of aliphatic hydroxyl groups excluding tert-OH is 1. The molecule has 88 valence electrons. The molecule has 0 amide bonds. The molecule has 0 aromatic heterocycles. The third-order valence-corrected chi connectivity index (χ3v) is 1.97. The highest BCUT2D eigenvalue weighted by Gasteiger charge is 2.17. The number of hydrogen-bond acceptors (Lipinski definition) is 6. The lowest BCUT2D eigenvalue weighted by molar-refractivity contribution is -0.150. The molecule has 0 spiro atoms. The SMILES string of the molecule is COC(=O)[C@H](O)CCC[C@H](N)C(=O)OC. The van der Waals surface area contributed by atoms with E-state index >= 15 is 0 Å². The molecule has 15 heavy (non-hydrogen) atoms. The summed E-state index contributed by atoms with van der Waals surface area (Å²) in [6, 6.07) is -0.708. The van der Waals surface area contributed by atoms with Crippen molar-refractivity contribution < 1.29 is 24.2 Å². The zero-order valence-corrected chi connectivity index (χ0v) is 8.93. The van der Waals surface area contributed by atoms with E-state index in [2.05, 4.69) is 9.47 Å². The summed E-state index contributed by atoms with van der Waals surface area (Å²) in [7, 11) is 2.46. The maximum absolute atomic E-state index is 10.9. The summed E-state index contributed by atoms with van der Waals surface area (Å²) in [6.45, 7) is 0. The first kappa shape index (κ1) is 13.9. The number of methoxy groups -OCH3 is 2. The zero-order chi connectivity index (χ0) is 11.8. The molecule has 3 N–H and O–H groups in total. The Morgan fingerprint density at radius 3 is 2.20 bits per heavy atom. The molecule has 2 atom stereocenters. The Kier molecular flexibility index (Phi) is 6.64. The Morgan fingerprint density at radius 1 is 1.20 bits per heavy atom. The van der Waals surface area contributed by atoms with Crippen LogP contribution in [0.15, 0.2) is 0 Å². The van der Waals surface area contributed by atoms with Gasteiger partial charge in [-0.15, -0.1) is 0 Å². The van der Waals surface area contributed by atoms with Gasteiger partial charge < -0.3 is 20.3 Å². The molecule has 0 saturated carbocycles. The van der Waals surface area contributed by atoms with Crippen molar-refractivity contribution in [3.05, 3.63) is 0 Å². The number of rotatable bonds is 6. The van der Waals surface area contributed by atoms with E-state index in [4.69, 9.17) is 5.73 Å². The summed E-state index contributed by atoms with van der Waals surface area (Å²) < 4.78 is 8.75. The van der Waals surface area contributed by atoms with Gasteiger partial charge in [0.25, 0.3) is 0 Å². The second-order valence-corrected chi connectivity index (χ2v) is 3.10. The topological polar surface area (TPSA) is 98.9 Å². The minimum absolute atomic E-state index is 0.220. The van der Waals surface area contributed by atoms with Crippen molar-refractivity contribution in [3.8, 4) is 0 Å². The van der Waals surface area contributed by atoms with Gasteiger partial charge in [0.1, 0.15) is 6.04 Å². The smallest absolute Gasteiger partial charge is 0.334 e. The summed E-state index contributed by atoms with van der Waals surface area (Å²) in [4.78, 5) is 21.7. The van der Waals surface area contributed by atoms with Crippen LogP contribution in [0, 0.1) is 0 Å². The zero-order valence-electron chi connectivity index (χ0n) is 8.93. The van der Waals surface area contributed by atoms with Gasteiger partial charge in [0.2, 0.25) is 0 Å². The number of ether oxygens (including phenoxy) is 2. The summed E-state index contributed by atoms with van der Waals surface area (Å²) in [5.41, 5.74) is 5.45. The molecule has 6 nitrogen and oxygen atoms in total. The largest absolute Gasteiger partial charge is 0.468 e. The molecule has 0 aliphatic rings. The molecule has 0 saturated heterocycles. The highest BCUT2D eigenvalue weighted by molar-refractivity contribution is 5.75. The number of nitrogens with two attached hydrogens (primary N) is 1. The van der Waals surface area contributed by atoms with Gasteiger partial charge in [-0.2, -0.15) is 0 Å². The lowest BCUT2D eigenvalue weighted by Gasteiger charge is -2.10. The van der Waals surface area contributed by atoms with Crippen LogP contribution in [0.5, 0.6) is 0 Å². The van der Waals surface area contributed by atoms with E-state index in [9.17, 15) is 14.7 Å². The average molecular weight is 219 g/mol. The Balaban J connectivity index is 3.70. The molecule has 0 fully saturated rings. The molecular weight excluding hydrogens is 202 g/mol. The lowest BCUT2D eigenvalue weighted by Crippen LogP contribution is -2.32. The Hall–Kier alpha value is -1.14. The number of esters is 2. The van der Waals surface area contributed by atoms with Gasteiger partial charge in [-0.25, -0.2) is 4.79 Å². The van der Waals surface area contributed by atoms with E-state index < -0.39 is 24.1 Å². The normalized spacial score (nSPS) is 14.1. The van der Waals surface area contributed by atoms with Gasteiger partial charge in [-0.1, -0.05) is 0 Å². The first-order chi connectivity index (χ1) is 7.02. The van der Waals surface area contributed by atoms with E-state index in [0.29, 0.717) is 12.8 Å². The molecule has 0 bridgehead atoms. The van der Waals surface area contributed by atoms with Gasteiger partial charge in [-0.05, 0) is 19.3 Å². The Labute approximate surface area is 88.3 Å². The third kappa shape index (κ3) is 5.34. The molecule has 0 aliphatic carbocycles. The van der Waals surface area contributed by atoms with Crippen molar-refractivity contribution in [1.29, 1.82) is 0 Å². The molecule has 0 aromatic rings. The van der Waals surface area contributed by atoms with Crippen LogP contribution >= 0.6 is 0 Å². The van der Waals surface area contributed by atoms with Crippen LogP contribution in [0.1, 0.15) is 19.3 Å². The minimum Gasteiger partial charge on any atom is -0.468 e. The van der Waals surface area contributed by atoms with Crippen molar-refractivity contribution in [1.82, 2.24) is 0 Å². The van der Waals surface area contributed by atoms with Crippen LogP contribution < -0.4 is 5.73 Å². The molecule has 0 rings (SSSR count). The maximum atomic E-state index is 10.9. The lowest BCUT2D eigenvalue weighted by atomic mass is 10.1. The van der Waals surface area contributed by atoms with Crippen LogP contribution in [0.4, 0.5) is 0 Å². The fourth-order valence-electron chi connectivity index (χ4n) is 1.05. The molecule has 0 radical (unpaired) electrons. The molecule has 0 aromatic carbocycles. The van der Waals surface area contributed by atoms with Gasteiger partial charge in [0.15, 0.2) is 6.10 Å². The predicted molar refractivity (Wildman–Crippen MR) is 51.9 cm³/mol. The van der Waals surface area contributed by atoms with E-state index in [1.807, 2.05) is 0 Å². The Morgan fingerprint density at radius 2 is 1.73 bits per heavy atom. The van der Waals surface area contributed by atoms with Crippen LogP contribution in [0.25, 0.3) is 0 Å². The second kappa shape index (κ2) is 7.19. The summed E-state index contributed by atoms with van der Waals surface area (Å²) >= 11 is 0. The summed E-state index contributed by atoms with van der Waals surface area (Å²) in [6.07, 6.45) is -0.121. The molecular formula is C9H17NO5. The number of hydrogen-bond donors (Lipinski definition) is 2. The second-order valence-electron chi connectivity index (χ2n) is 3.10. The van der Waals surface area contributed by atoms with Crippen LogP contribution in [0.2, 0.25) is 0 Å². The minimum atomic E-state index is -1.15. The average Bonchev–Trinajstić information content (AvgIpc) is 2.26. The van der Waals surface area contributed by atoms with E-state index in [1.165, 1.54) is 14.2 Å². The maximum Gasteiger partial charge on any atom is 0.334 e. The van der Waals surface area contributed by atoms with Crippen molar-refractivity contribution in [3.63, 3.8) is 0 Å². The van der Waals surface area contributed by atoms with Crippen LogP contribution in [0.3, 0.4) is 0 Å². The predicted octanol–water partition coefficient (Wildman–Crippen LogP) is -0.809. The molecule has 0 unspecified atom stereocenters. The quantitative estimate of drug-likeness (QED) is 0.567. The third-order valence-electron chi connectivity index (χ3n) is 1.97. The van der Waals surface area contributed by atoms with Crippen LogP contribution in [-0.4, -0.2) is 43.4 Å². The number of carbonyl (C=O) groups excluding carboxylic acids is 2. The van der Waals surface area contributed by atoms with Gasteiger partial charge in [0.05, 0.1) is 14.2 Å². The standard InChI is InChI=1S/C9H17NO5/c1-14-8(12)6(10)4-3-5-7(11)9(13)15-2/h6-7,11H,3-5,10H2,1-2H3/t6-,7+/m0/s1. The fourth-order valence-corrected chi connectivity index (χ4v) is 1.05. The van der Waals surface area contributed by atoms with E-state index in [-0.39, 0.29) is 6.42 Å². The van der Waals surface area contributed by atoms with Gasteiger partial charge in [0, 0.05) is 0 Å². The van der Waals surface area contributed by atoms with Gasteiger partial charge >= 0.3 is 11.9 Å². The van der Waals surface area contributed by atoms with Crippen molar-refractivity contribution in [2.75, 3.05) is 14.2 Å². The highest BCUT2D eigenvalue weighted by Crippen LogP contribution is 2.05. The molecule has 0 aliphatic heterocycles. The number of carbonyl (C=O) groups is 2. The van der Waals surface area contributed by atoms with Gasteiger partial charge in [-0.3, -0.25) is 4.79 Å². The highest BCUT2D eigenvalue weighted by atomic mass is 16.5. The monoisotopic (exact) mass is 219 g/mol. The first-order valence-electron chi connectivity index (χ1n) is 4.62. The summed E-state index contributed by atoms with van der Waals surface area (Å²) in [5.74, 6) is -1.18. The fraction of sp³-hybridized carbons (Fsp3) is 0.778. The summed E-state index contributed by atoms with van der Waals surface area (Å²) in [5, 5.41) is 9.19. The first-order valence-corrected chi connectivity index (χ1v) is 4.62. The van der Waals surface area contributed by atoms with Crippen molar-refractivity contribution >= 4 is 11.9 Å².